The number of nitrogens with one attached hydrogen (secondary N) is 1. The third-order valence-corrected chi connectivity index (χ3v) is 3.73. The molecule has 0 amide bonds. The molecule has 1 unspecified atom stereocenters. The van der Waals surface area contributed by atoms with Crippen LogP contribution in [0.4, 0.5) is 19.2 Å². The zero-order valence-electron chi connectivity index (χ0n) is 11.0. The molecule has 1 saturated heterocycles. The molecule has 1 aromatic heterocycles. The molecule has 1 aromatic rings. The molecule has 2 heterocycles. The number of hydrogen-bond donors (Lipinski definition) is 1. The Morgan fingerprint density at radius 1 is 1.25 bits per heavy atom. The van der Waals surface area contributed by atoms with Crippen LogP contribution in [0, 0.1) is 5.92 Å². The van der Waals surface area contributed by atoms with Crippen LogP contribution in [-0.4, -0.2) is 35.5 Å². The molecule has 1 aliphatic heterocycles. The Morgan fingerprint density at radius 2 is 2.05 bits per heavy atom. The molecule has 2 fully saturated rings. The van der Waals surface area contributed by atoms with Crippen LogP contribution in [0.3, 0.4) is 0 Å². The van der Waals surface area contributed by atoms with Gasteiger partial charge in [0.05, 0.1) is 12.5 Å². The van der Waals surface area contributed by atoms with E-state index >= 15 is 0 Å². The van der Waals surface area contributed by atoms with Gasteiger partial charge in [-0.2, -0.15) is 13.2 Å². The van der Waals surface area contributed by atoms with Gasteiger partial charge in [0.25, 0.3) is 0 Å². The molecule has 0 spiro atoms. The van der Waals surface area contributed by atoms with E-state index in [0.717, 1.165) is 12.8 Å². The summed E-state index contributed by atoms with van der Waals surface area (Å²) in [5.41, 5.74) is 0. The van der Waals surface area contributed by atoms with E-state index in [-0.39, 0.29) is 19.0 Å². The summed E-state index contributed by atoms with van der Waals surface area (Å²) < 4.78 is 43.7. The highest BCUT2D eigenvalue weighted by molar-refractivity contribution is 5.25. The van der Waals surface area contributed by atoms with E-state index in [1.54, 1.807) is 0 Å². The molecular formula is C12H17F3N4O. The van der Waals surface area contributed by atoms with E-state index in [9.17, 15) is 13.2 Å². The van der Waals surface area contributed by atoms with Crippen molar-refractivity contribution in [3.8, 4) is 0 Å². The fourth-order valence-electron chi connectivity index (χ4n) is 2.38. The molecular weight excluding hydrogens is 273 g/mol. The summed E-state index contributed by atoms with van der Waals surface area (Å²) in [7, 11) is 0. The number of nitrogens with zero attached hydrogens (tertiary/aromatic N) is 3. The molecule has 3 rings (SSSR count). The molecule has 1 aliphatic carbocycles. The van der Waals surface area contributed by atoms with Crippen molar-refractivity contribution in [3.05, 3.63) is 5.89 Å². The molecule has 0 aromatic carbocycles. The van der Waals surface area contributed by atoms with Crippen molar-refractivity contribution in [2.24, 2.45) is 5.92 Å². The molecule has 1 saturated carbocycles. The first-order valence-corrected chi connectivity index (χ1v) is 6.90. The molecule has 1 N–H and O–H groups in total. The van der Waals surface area contributed by atoms with Crippen molar-refractivity contribution in [1.29, 1.82) is 0 Å². The zero-order valence-corrected chi connectivity index (χ0v) is 11.0. The zero-order chi connectivity index (χ0) is 14.2. The maximum absolute atomic E-state index is 12.7. The lowest BCUT2D eigenvalue weighted by atomic mass is 9.98. The molecule has 0 bridgehead atoms. The van der Waals surface area contributed by atoms with Crippen LogP contribution < -0.4 is 10.2 Å². The number of aromatic nitrogens is 2. The highest BCUT2D eigenvalue weighted by Crippen LogP contribution is 2.34. The summed E-state index contributed by atoms with van der Waals surface area (Å²) in [5, 5.41) is 11.0. The average Bonchev–Trinajstić information content (AvgIpc) is 3.12. The van der Waals surface area contributed by atoms with Crippen LogP contribution in [0.15, 0.2) is 4.42 Å². The van der Waals surface area contributed by atoms with Crippen molar-refractivity contribution in [3.63, 3.8) is 0 Å². The maximum Gasteiger partial charge on any atom is 0.393 e. The summed E-state index contributed by atoms with van der Waals surface area (Å²) in [4.78, 5) is 1.54. The highest BCUT2D eigenvalue weighted by Gasteiger charge is 2.42. The summed E-state index contributed by atoms with van der Waals surface area (Å²) >= 11 is 0. The SMILES string of the molecule is FC(F)(F)C1CCCN(c2nnc(CNC3CC3)o2)C1. The molecule has 1 atom stereocenters. The van der Waals surface area contributed by atoms with E-state index in [1.807, 2.05) is 0 Å². The Hall–Kier alpha value is -1.31. The number of hydrogen-bond acceptors (Lipinski definition) is 5. The van der Waals surface area contributed by atoms with Crippen molar-refractivity contribution in [2.75, 3.05) is 18.0 Å². The van der Waals surface area contributed by atoms with Gasteiger partial charge in [-0.05, 0) is 25.7 Å². The second-order valence-corrected chi connectivity index (χ2v) is 5.46. The summed E-state index contributed by atoms with van der Waals surface area (Å²) in [5.74, 6) is -0.878. The first-order chi connectivity index (χ1) is 9.52. The minimum absolute atomic E-state index is 0.0960. The third kappa shape index (κ3) is 3.23. The predicted octanol–water partition coefficient (Wildman–Crippen LogP) is 2.10. The molecule has 20 heavy (non-hydrogen) atoms. The van der Waals surface area contributed by atoms with Gasteiger partial charge in [0.15, 0.2) is 0 Å². The van der Waals surface area contributed by atoms with Crippen LogP contribution >= 0.6 is 0 Å². The van der Waals surface area contributed by atoms with E-state index in [4.69, 9.17) is 4.42 Å². The average molecular weight is 290 g/mol. The first kappa shape index (κ1) is 13.7. The second kappa shape index (κ2) is 5.23. The Balaban J connectivity index is 1.59. The van der Waals surface area contributed by atoms with Crippen LogP contribution in [-0.2, 0) is 6.54 Å². The second-order valence-electron chi connectivity index (χ2n) is 5.46. The van der Waals surface area contributed by atoms with Crippen LogP contribution in [0.2, 0.25) is 0 Å². The summed E-state index contributed by atoms with van der Waals surface area (Å²) in [6, 6.07) is 0.724. The molecule has 8 heteroatoms. The van der Waals surface area contributed by atoms with Gasteiger partial charge in [-0.15, -0.1) is 5.10 Å². The number of halogens is 3. The topological polar surface area (TPSA) is 54.2 Å². The number of rotatable bonds is 4. The van der Waals surface area contributed by atoms with Crippen molar-refractivity contribution in [1.82, 2.24) is 15.5 Å². The lowest BCUT2D eigenvalue weighted by Gasteiger charge is -2.32. The van der Waals surface area contributed by atoms with Crippen LogP contribution in [0.5, 0.6) is 0 Å². The number of anilines is 1. The van der Waals surface area contributed by atoms with Crippen molar-refractivity contribution in [2.45, 2.75) is 44.4 Å². The lowest BCUT2D eigenvalue weighted by molar-refractivity contribution is -0.176. The van der Waals surface area contributed by atoms with Gasteiger partial charge < -0.3 is 14.6 Å². The van der Waals surface area contributed by atoms with Gasteiger partial charge in [0, 0.05) is 19.1 Å². The molecule has 2 aliphatic rings. The standard InChI is InChI=1S/C12H17F3N4O/c13-12(14,15)8-2-1-5-19(7-8)11-18-17-10(20-11)6-16-9-3-4-9/h8-9,16H,1-7H2. The van der Waals surface area contributed by atoms with Gasteiger partial charge in [-0.3, -0.25) is 0 Å². The molecule has 5 nitrogen and oxygen atoms in total. The normalized spacial score (nSPS) is 24.1. The maximum atomic E-state index is 12.7. The fourth-order valence-corrected chi connectivity index (χ4v) is 2.38. The van der Waals surface area contributed by atoms with Gasteiger partial charge in [0.2, 0.25) is 5.89 Å². The Labute approximate surface area is 114 Å². The number of piperidine rings is 1. The third-order valence-electron chi connectivity index (χ3n) is 3.73. The smallest absolute Gasteiger partial charge is 0.393 e. The van der Waals surface area contributed by atoms with Crippen molar-refractivity contribution < 1.29 is 17.6 Å². The van der Waals surface area contributed by atoms with Crippen molar-refractivity contribution >= 4 is 6.01 Å². The van der Waals surface area contributed by atoms with E-state index < -0.39 is 12.1 Å². The molecule has 0 radical (unpaired) electrons. The fraction of sp³-hybridized carbons (Fsp3) is 0.833. The highest BCUT2D eigenvalue weighted by atomic mass is 19.4. The summed E-state index contributed by atoms with van der Waals surface area (Å²) in [6.07, 6.45) is -1.19. The quantitative estimate of drug-likeness (QED) is 0.920. The minimum atomic E-state index is -4.16. The number of alkyl halides is 3. The van der Waals surface area contributed by atoms with E-state index in [1.165, 1.54) is 4.90 Å². The Bertz CT molecular complexity index is 458. The van der Waals surface area contributed by atoms with Gasteiger partial charge in [-0.1, -0.05) is 5.10 Å². The Kier molecular flexibility index (Phi) is 3.57. The Morgan fingerprint density at radius 3 is 2.75 bits per heavy atom. The lowest BCUT2D eigenvalue weighted by Crippen LogP contribution is -2.41. The van der Waals surface area contributed by atoms with Gasteiger partial charge >= 0.3 is 12.2 Å². The van der Waals surface area contributed by atoms with Gasteiger partial charge in [0.1, 0.15) is 0 Å². The largest absolute Gasteiger partial charge is 0.407 e. The monoisotopic (exact) mass is 290 g/mol. The first-order valence-electron chi connectivity index (χ1n) is 6.90. The van der Waals surface area contributed by atoms with Gasteiger partial charge in [-0.25, -0.2) is 0 Å². The van der Waals surface area contributed by atoms with Crippen LogP contribution in [0.25, 0.3) is 0 Å². The molecule has 112 valence electrons. The predicted molar refractivity (Wildman–Crippen MR) is 65.2 cm³/mol. The van der Waals surface area contributed by atoms with Crippen LogP contribution in [0.1, 0.15) is 31.6 Å². The van der Waals surface area contributed by atoms with E-state index in [2.05, 4.69) is 15.5 Å². The minimum Gasteiger partial charge on any atom is -0.407 e. The van der Waals surface area contributed by atoms with E-state index in [0.29, 0.717) is 31.4 Å². The summed E-state index contributed by atoms with van der Waals surface area (Å²) in [6.45, 7) is 0.916.